The first kappa shape index (κ1) is 17.1. The lowest BCUT2D eigenvalue weighted by Crippen LogP contribution is -2.36. The molecule has 0 atom stereocenters. The van der Waals surface area contributed by atoms with Gasteiger partial charge in [-0.2, -0.15) is 0 Å². The average molecular weight is 361 g/mol. The van der Waals surface area contributed by atoms with Gasteiger partial charge in [0.05, 0.1) is 0 Å². The molecule has 0 amide bonds. The predicted molar refractivity (Wildman–Crippen MR) is 91.0 cm³/mol. The van der Waals surface area contributed by atoms with Gasteiger partial charge in [-0.05, 0) is 30.5 Å². The maximum absolute atomic E-state index is 5.90. The molecule has 0 aliphatic carbocycles. The Bertz CT molecular complexity index is 362. The van der Waals surface area contributed by atoms with Crippen molar-refractivity contribution in [3.05, 3.63) is 34.3 Å². The Labute approximate surface area is 130 Å². The summed E-state index contributed by atoms with van der Waals surface area (Å²) in [5, 5.41) is 0. The molecule has 0 aliphatic rings. The highest BCUT2D eigenvalue weighted by molar-refractivity contribution is 9.10. The molecular weight excluding hydrogens is 336 g/mol. The quantitative estimate of drug-likeness (QED) is 0.523. The van der Waals surface area contributed by atoms with Gasteiger partial charge in [-0.1, -0.05) is 55.0 Å². The Morgan fingerprint density at radius 3 is 2.11 bits per heavy atom. The molecule has 5 heteroatoms. The van der Waals surface area contributed by atoms with E-state index in [1.54, 1.807) is 0 Å². The number of aryl methyl sites for hydroxylation is 1. The zero-order valence-corrected chi connectivity index (χ0v) is 16.8. The third kappa shape index (κ3) is 5.91. The highest BCUT2D eigenvalue weighted by Crippen LogP contribution is 2.30. The SMILES string of the molecule is C[SiH2]OC(O[SiH2]C)C(C)(C)CCc1ccc(Br)cc1. The van der Waals surface area contributed by atoms with E-state index in [4.69, 9.17) is 8.85 Å². The van der Waals surface area contributed by atoms with E-state index >= 15 is 0 Å². The zero-order valence-electron chi connectivity index (χ0n) is 12.4. The molecule has 0 spiro atoms. The second kappa shape index (κ2) is 8.36. The Kier molecular flexibility index (Phi) is 7.53. The summed E-state index contributed by atoms with van der Waals surface area (Å²) in [5.74, 6) is 0. The summed E-state index contributed by atoms with van der Waals surface area (Å²) >= 11 is 3.47. The molecule has 0 aromatic heterocycles. The molecule has 19 heavy (non-hydrogen) atoms. The molecule has 0 radical (unpaired) electrons. The van der Waals surface area contributed by atoms with E-state index in [0.29, 0.717) is 0 Å². The average Bonchev–Trinajstić information content (AvgIpc) is 2.38. The van der Waals surface area contributed by atoms with Crippen molar-refractivity contribution in [2.75, 3.05) is 0 Å². The van der Waals surface area contributed by atoms with Gasteiger partial charge in [0, 0.05) is 9.89 Å². The fourth-order valence-electron chi connectivity index (χ4n) is 2.04. The molecule has 0 aliphatic heterocycles. The summed E-state index contributed by atoms with van der Waals surface area (Å²) in [6.07, 6.45) is 2.15. The van der Waals surface area contributed by atoms with Crippen LogP contribution in [0.1, 0.15) is 25.8 Å². The van der Waals surface area contributed by atoms with Gasteiger partial charge in [0.1, 0.15) is 6.29 Å². The van der Waals surface area contributed by atoms with Crippen LogP contribution in [-0.2, 0) is 15.3 Å². The molecule has 0 heterocycles. The largest absolute Gasteiger partial charge is 0.400 e. The molecule has 0 bridgehead atoms. The van der Waals surface area contributed by atoms with Crippen LogP contribution in [0.3, 0.4) is 0 Å². The van der Waals surface area contributed by atoms with Gasteiger partial charge in [0.25, 0.3) is 0 Å². The van der Waals surface area contributed by atoms with Crippen LogP contribution >= 0.6 is 15.9 Å². The topological polar surface area (TPSA) is 18.5 Å². The van der Waals surface area contributed by atoms with Gasteiger partial charge in [0.2, 0.25) is 0 Å². The minimum Gasteiger partial charge on any atom is -0.400 e. The van der Waals surface area contributed by atoms with Crippen LogP contribution in [0.5, 0.6) is 0 Å². The van der Waals surface area contributed by atoms with Crippen molar-refractivity contribution in [1.82, 2.24) is 0 Å². The Balaban J connectivity index is 2.58. The molecule has 1 aromatic rings. The summed E-state index contributed by atoms with van der Waals surface area (Å²) < 4.78 is 12.9. The van der Waals surface area contributed by atoms with Crippen molar-refractivity contribution in [3.8, 4) is 0 Å². The Morgan fingerprint density at radius 2 is 1.63 bits per heavy atom. The molecule has 0 fully saturated rings. The van der Waals surface area contributed by atoms with E-state index in [-0.39, 0.29) is 11.7 Å². The van der Waals surface area contributed by atoms with Gasteiger partial charge in [-0.15, -0.1) is 0 Å². The van der Waals surface area contributed by atoms with E-state index in [1.165, 1.54) is 5.56 Å². The number of hydrogen-bond donors (Lipinski definition) is 0. The number of halogens is 1. The fourth-order valence-corrected chi connectivity index (χ4v) is 4.19. The van der Waals surface area contributed by atoms with Crippen molar-refractivity contribution in [3.63, 3.8) is 0 Å². The van der Waals surface area contributed by atoms with Crippen LogP contribution in [0.4, 0.5) is 0 Å². The fraction of sp³-hybridized carbons (Fsp3) is 0.571. The molecular formula is C14H25BrO2Si2. The van der Waals surface area contributed by atoms with Crippen molar-refractivity contribution >= 4 is 35.5 Å². The lowest BCUT2D eigenvalue weighted by atomic mass is 9.85. The summed E-state index contributed by atoms with van der Waals surface area (Å²) in [6, 6.07) is 8.56. The number of hydrogen-bond acceptors (Lipinski definition) is 2. The van der Waals surface area contributed by atoms with E-state index in [9.17, 15) is 0 Å². The predicted octanol–water partition coefficient (Wildman–Crippen LogP) is 3.03. The van der Waals surface area contributed by atoms with Crippen LogP contribution in [-0.4, -0.2) is 25.8 Å². The molecule has 0 saturated carbocycles. The normalized spacial score (nSPS) is 14.8. The minimum absolute atomic E-state index is 0.00344. The van der Waals surface area contributed by atoms with Gasteiger partial charge >= 0.3 is 0 Å². The molecule has 1 aromatic carbocycles. The molecule has 2 nitrogen and oxygen atoms in total. The third-order valence-corrected chi connectivity index (χ3v) is 5.05. The molecule has 0 N–H and O–H groups in total. The first-order valence-corrected chi connectivity index (χ1v) is 11.7. The summed E-state index contributed by atoms with van der Waals surface area (Å²) in [7, 11) is -0.855. The first-order chi connectivity index (χ1) is 8.99. The molecule has 0 saturated heterocycles. The van der Waals surface area contributed by atoms with Gasteiger partial charge in [-0.25, -0.2) is 0 Å². The maximum atomic E-state index is 5.90. The van der Waals surface area contributed by atoms with Crippen molar-refractivity contribution in [2.24, 2.45) is 5.41 Å². The second-order valence-electron chi connectivity index (χ2n) is 5.36. The van der Waals surface area contributed by atoms with Gasteiger partial charge in [0.15, 0.2) is 19.5 Å². The highest BCUT2D eigenvalue weighted by Gasteiger charge is 2.29. The van der Waals surface area contributed by atoms with Crippen LogP contribution < -0.4 is 0 Å². The monoisotopic (exact) mass is 360 g/mol. The molecule has 1 rings (SSSR count). The zero-order chi connectivity index (χ0) is 14.3. The summed E-state index contributed by atoms with van der Waals surface area (Å²) in [4.78, 5) is 0. The minimum atomic E-state index is -0.428. The third-order valence-electron chi connectivity index (χ3n) is 3.25. The Morgan fingerprint density at radius 1 is 1.11 bits per heavy atom. The van der Waals surface area contributed by atoms with Crippen molar-refractivity contribution < 1.29 is 8.85 Å². The van der Waals surface area contributed by atoms with Gasteiger partial charge in [-0.3, -0.25) is 0 Å². The van der Waals surface area contributed by atoms with E-state index < -0.39 is 19.5 Å². The second-order valence-corrected chi connectivity index (χ2v) is 8.09. The van der Waals surface area contributed by atoms with E-state index in [2.05, 4.69) is 67.1 Å². The maximum Gasteiger partial charge on any atom is 0.161 e. The van der Waals surface area contributed by atoms with Gasteiger partial charge < -0.3 is 8.85 Å². The number of rotatable bonds is 8. The van der Waals surface area contributed by atoms with Crippen LogP contribution in [0.15, 0.2) is 28.7 Å². The lowest BCUT2D eigenvalue weighted by Gasteiger charge is -2.34. The number of benzene rings is 1. The standard InChI is InChI=1S/C14H25BrO2Si2/c1-14(2,13(16-18-3)17-19-4)10-9-11-5-7-12(15)8-6-11/h5-8,13H,9-10,18-19H2,1-4H3. The summed E-state index contributed by atoms with van der Waals surface area (Å²) in [6.45, 7) is 8.84. The smallest absolute Gasteiger partial charge is 0.161 e. The van der Waals surface area contributed by atoms with Crippen molar-refractivity contribution in [1.29, 1.82) is 0 Å². The van der Waals surface area contributed by atoms with Crippen LogP contribution in [0, 0.1) is 5.41 Å². The van der Waals surface area contributed by atoms with Crippen molar-refractivity contribution in [2.45, 2.75) is 46.1 Å². The lowest BCUT2D eigenvalue weighted by molar-refractivity contribution is -0.0817. The molecule has 108 valence electrons. The van der Waals surface area contributed by atoms with E-state index in [1.807, 2.05) is 0 Å². The van der Waals surface area contributed by atoms with Crippen LogP contribution in [0.2, 0.25) is 13.1 Å². The van der Waals surface area contributed by atoms with Crippen LogP contribution in [0.25, 0.3) is 0 Å². The van der Waals surface area contributed by atoms with E-state index in [0.717, 1.165) is 17.3 Å². The molecule has 0 unspecified atom stereocenters. The summed E-state index contributed by atoms with van der Waals surface area (Å²) in [5.41, 5.74) is 1.46. The Hall–Kier alpha value is 0.0538. The highest BCUT2D eigenvalue weighted by atomic mass is 79.9. The first-order valence-electron chi connectivity index (χ1n) is 6.97.